The van der Waals surface area contributed by atoms with Crippen molar-refractivity contribution in [1.82, 2.24) is 10.2 Å². The zero-order valence-corrected chi connectivity index (χ0v) is 15.9. The predicted molar refractivity (Wildman–Crippen MR) is 100 cm³/mol. The molecule has 0 saturated heterocycles. The second-order valence-corrected chi connectivity index (χ2v) is 8.26. The number of thiophene rings is 1. The maximum absolute atomic E-state index is 12.4. The number of rotatable bonds is 8. The quantitative estimate of drug-likeness (QED) is 0.733. The van der Waals surface area contributed by atoms with E-state index in [0.717, 1.165) is 30.0 Å². The van der Waals surface area contributed by atoms with E-state index in [1.165, 1.54) is 11.4 Å². The summed E-state index contributed by atoms with van der Waals surface area (Å²) >= 11 is 0.947. The third-order valence-electron chi connectivity index (χ3n) is 4.01. The van der Waals surface area contributed by atoms with E-state index in [4.69, 9.17) is 5.14 Å². The van der Waals surface area contributed by atoms with Gasteiger partial charge in [0.1, 0.15) is 4.21 Å². The molecule has 0 saturated carbocycles. The van der Waals surface area contributed by atoms with E-state index in [9.17, 15) is 13.2 Å². The third-order valence-corrected chi connectivity index (χ3v) is 6.40. The maximum atomic E-state index is 12.4. The number of nitrogens with zero attached hydrogens (tertiary/aromatic N) is 1. The van der Waals surface area contributed by atoms with E-state index < -0.39 is 10.0 Å². The van der Waals surface area contributed by atoms with Gasteiger partial charge in [-0.2, -0.15) is 0 Å². The lowest BCUT2D eigenvalue weighted by molar-refractivity contribution is 0.0935. The van der Waals surface area contributed by atoms with Crippen molar-refractivity contribution in [1.29, 1.82) is 0 Å². The van der Waals surface area contributed by atoms with E-state index >= 15 is 0 Å². The monoisotopic (exact) mass is 381 g/mol. The fraction of sp³-hybridized carbons (Fsp3) is 0.353. The molecule has 0 spiro atoms. The number of amides is 1. The standard InChI is InChI=1S/C17H23N3O3S2/c1-3-20(4-2)15(13-8-6-5-7-9-13)11-19-17(21)14-10-16(24-12-14)25(18,22)23/h5-10,12,15H,3-4,11H2,1-2H3,(H,19,21)(H2,18,22,23). The molecule has 136 valence electrons. The van der Waals surface area contributed by atoms with Crippen LogP contribution in [0.1, 0.15) is 35.8 Å². The van der Waals surface area contributed by atoms with Crippen molar-refractivity contribution in [3.8, 4) is 0 Å². The molecule has 0 fully saturated rings. The second-order valence-electron chi connectivity index (χ2n) is 5.56. The number of carbonyl (C=O) groups excluding carboxylic acids is 1. The van der Waals surface area contributed by atoms with Crippen LogP contribution in [-0.4, -0.2) is 38.9 Å². The molecule has 1 atom stereocenters. The van der Waals surface area contributed by atoms with Gasteiger partial charge in [0.15, 0.2) is 0 Å². The van der Waals surface area contributed by atoms with Crippen molar-refractivity contribution < 1.29 is 13.2 Å². The highest BCUT2D eigenvalue weighted by Gasteiger charge is 2.20. The van der Waals surface area contributed by atoms with Gasteiger partial charge in [-0.1, -0.05) is 44.2 Å². The molecule has 25 heavy (non-hydrogen) atoms. The van der Waals surface area contributed by atoms with Gasteiger partial charge in [0.2, 0.25) is 10.0 Å². The molecular formula is C17H23N3O3S2. The van der Waals surface area contributed by atoms with Gasteiger partial charge in [-0.3, -0.25) is 9.69 Å². The third kappa shape index (κ3) is 5.12. The molecule has 8 heteroatoms. The van der Waals surface area contributed by atoms with Crippen molar-refractivity contribution in [3.05, 3.63) is 52.9 Å². The van der Waals surface area contributed by atoms with Crippen LogP contribution in [0, 0.1) is 0 Å². The lowest BCUT2D eigenvalue weighted by Gasteiger charge is -2.30. The van der Waals surface area contributed by atoms with Gasteiger partial charge in [-0.05, 0) is 24.7 Å². The van der Waals surface area contributed by atoms with Crippen molar-refractivity contribution in [2.24, 2.45) is 5.14 Å². The smallest absolute Gasteiger partial charge is 0.252 e. The molecule has 2 aromatic rings. The Bertz CT molecular complexity index is 800. The number of nitrogens with one attached hydrogen (secondary N) is 1. The highest BCUT2D eigenvalue weighted by molar-refractivity contribution is 7.91. The minimum atomic E-state index is -3.78. The summed E-state index contributed by atoms with van der Waals surface area (Å²) in [5.41, 5.74) is 1.43. The van der Waals surface area contributed by atoms with Gasteiger partial charge in [0.05, 0.1) is 11.6 Å². The van der Waals surface area contributed by atoms with Gasteiger partial charge < -0.3 is 5.32 Å². The molecule has 0 aliphatic heterocycles. The van der Waals surface area contributed by atoms with Crippen LogP contribution in [-0.2, 0) is 10.0 Å². The van der Waals surface area contributed by atoms with Gasteiger partial charge in [-0.15, -0.1) is 11.3 Å². The van der Waals surface area contributed by atoms with E-state index in [2.05, 4.69) is 24.1 Å². The van der Waals surface area contributed by atoms with Crippen LogP contribution >= 0.6 is 11.3 Å². The molecule has 0 bridgehead atoms. The highest BCUT2D eigenvalue weighted by atomic mass is 32.2. The van der Waals surface area contributed by atoms with E-state index in [1.807, 2.05) is 30.3 Å². The lowest BCUT2D eigenvalue weighted by atomic mass is 10.0. The van der Waals surface area contributed by atoms with Crippen LogP contribution in [0.2, 0.25) is 0 Å². The molecule has 0 radical (unpaired) electrons. The first kappa shape index (κ1) is 19.6. The SMILES string of the molecule is CCN(CC)C(CNC(=O)c1csc(S(N)(=O)=O)c1)c1ccccc1. The number of benzene rings is 1. The van der Waals surface area contributed by atoms with Crippen LogP contribution in [0.5, 0.6) is 0 Å². The topological polar surface area (TPSA) is 92.5 Å². The van der Waals surface area contributed by atoms with Gasteiger partial charge >= 0.3 is 0 Å². The molecule has 1 heterocycles. The summed E-state index contributed by atoms with van der Waals surface area (Å²) in [6, 6.07) is 11.4. The predicted octanol–water partition coefficient (Wildman–Crippen LogP) is 2.21. The Balaban J connectivity index is 2.12. The molecule has 1 aromatic heterocycles. The van der Waals surface area contributed by atoms with E-state index in [1.54, 1.807) is 0 Å². The Morgan fingerprint density at radius 3 is 2.40 bits per heavy atom. The first-order chi connectivity index (χ1) is 11.9. The summed E-state index contributed by atoms with van der Waals surface area (Å²) in [6.45, 7) is 6.32. The molecule has 0 aliphatic carbocycles. The molecule has 1 amide bonds. The van der Waals surface area contributed by atoms with Crippen molar-refractivity contribution in [2.75, 3.05) is 19.6 Å². The Labute approximate surface area is 152 Å². The fourth-order valence-corrected chi connectivity index (χ4v) is 4.26. The van der Waals surface area contributed by atoms with E-state index in [-0.39, 0.29) is 16.2 Å². The fourth-order valence-electron chi connectivity index (χ4n) is 2.67. The van der Waals surface area contributed by atoms with E-state index in [0.29, 0.717) is 12.1 Å². The van der Waals surface area contributed by atoms with Gasteiger partial charge in [0.25, 0.3) is 5.91 Å². The summed E-state index contributed by atoms with van der Waals surface area (Å²) in [6.07, 6.45) is 0. The van der Waals surface area contributed by atoms with Crippen LogP contribution in [0.25, 0.3) is 0 Å². The molecule has 1 unspecified atom stereocenters. The van der Waals surface area contributed by atoms with Crippen molar-refractivity contribution in [2.45, 2.75) is 24.1 Å². The first-order valence-corrected chi connectivity index (χ1v) is 10.5. The maximum Gasteiger partial charge on any atom is 0.252 e. The molecule has 6 nitrogen and oxygen atoms in total. The number of primary sulfonamides is 1. The minimum Gasteiger partial charge on any atom is -0.350 e. The van der Waals surface area contributed by atoms with Crippen molar-refractivity contribution in [3.63, 3.8) is 0 Å². The van der Waals surface area contributed by atoms with Gasteiger partial charge in [0, 0.05) is 11.9 Å². The average molecular weight is 382 g/mol. The first-order valence-electron chi connectivity index (χ1n) is 8.05. The molecule has 3 N–H and O–H groups in total. The number of likely N-dealkylation sites (N-methyl/N-ethyl adjacent to an activating group) is 1. The van der Waals surface area contributed by atoms with Crippen LogP contribution in [0.15, 0.2) is 46.0 Å². The number of carbonyl (C=O) groups is 1. The summed E-state index contributed by atoms with van der Waals surface area (Å²) in [7, 11) is -3.78. The summed E-state index contributed by atoms with van der Waals surface area (Å²) < 4.78 is 22.7. The number of nitrogens with two attached hydrogens (primary N) is 1. The zero-order chi connectivity index (χ0) is 18.4. The normalized spacial score (nSPS) is 13.0. The second kappa shape index (κ2) is 8.57. The molecule has 0 aliphatic rings. The Kier molecular flexibility index (Phi) is 6.71. The Morgan fingerprint density at radius 1 is 1.24 bits per heavy atom. The Hall–Kier alpha value is -1.74. The number of hydrogen-bond donors (Lipinski definition) is 2. The average Bonchev–Trinajstić information content (AvgIpc) is 3.09. The highest BCUT2D eigenvalue weighted by Crippen LogP contribution is 2.21. The molecular weight excluding hydrogens is 358 g/mol. The Morgan fingerprint density at radius 2 is 1.88 bits per heavy atom. The number of sulfonamides is 1. The largest absolute Gasteiger partial charge is 0.350 e. The summed E-state index contributed by atoms with van der Waals surface area (Å²) in [4.78, 5) is 14.6. The molecule has 1 aromatic carbocycles. The van der Waals surface area contributed by atoms with Crippen LogP contribution < -0.4 is 10.5 Å². The van der Waals surface area contributed by atoms with Crippen LogP contribution in [0.3, 0.4) is 0 Å². The summed E-state index contributed by atoms with van der Waals surface area (Å²) in [5, 5.41) is 9.49. The lowest BCUT2D eigenvalue weighted by Crippen LogP contribution is -2.38. The summed E-state index contributed by atoms with van der Waals surface area (Å²) in [5.74, 6) is -0.306. The van der Waals surface area contributed by atoms with Crippen molar-refractivity contribution >= 4 is 27.3 Å². The molecule has 2 rings (SSSR count). The number of hydrogen-bond acceptors (Lipinski definition) is 5. The van der Waals surface area contributed by atoms with Crippen LogP contribution in [0.4, 0.5) is 0 Å². The van der Waals surface area contributed by atoms with Gasteiger partial charge in [-0.25, -0.2) is 13.6 Å². The zero-order valence-electron chi connectivity index (χ0n) is 14.3. The minimum absolute atomic E-state index is 0.0130.